The van der Waals surface area contributed by atoms with Crippen LogP contribution in [0, 0.1) is 0 Å². The number of benzene rings is 1. The van der Waals surface area contributed by atoms with Crippen LogP contribution in [-0.4, -0.2) is 43.5 Å². The van der Waals surface area contributed by atoms with Gasteiger partial charge in [-0.05, 0) is 24.3 Å². The van der Waals surface area contributed by atoms with Crippen LogP contribution < -0.4 is 15.9 Å². The molecule has 2 rings (SSSR count). The molecule has 0 spiro atoms. The maximum Gasteiger partial charge on any atom is 0.238 e. The molecule has 0 fully saturated rings. The second kappa shape index (κ2) is 9.85. The van der Waals surface area contributed by atoms with Gasteiger partial charge in [0.2, 0.25) is 10.0 Å². The molecule has 0 radical (unpaired) electrons. The van der Waals surface area contributed by atoms with E-state index in [2.05, 4.69) is 22.0 Å². The molecule has 0 aliphatic heterocycles. The molecule has 0 amide bonds. The minimum atomic E-state index is -3.81. The van der Waals surface area contributed by atoms with Gasteiger partial charge < -0.3 is 10.4 Å². The highest BCUT2D eigenvalue weighted by Gasteiger charge is 2.11. The lowest BCUT2D eigenvalue weighted by Gasteiger charge is -2.13. The van der Waals surface area contributed by atoms with Crippen molar-refractivity contribution in [2.24, 2.45) is 10.1 Å². The van der Waals surface area contributed by atoms with Crippen molar-refractivity contribution in [3.05, 3.63) is 54.0 Å². The van der Waals surface area contributed by atoms with Gasteiger partial charge in [0.15, 0.2) is 0 Å². The van der Waals surface area contributed by atoms with Crippen LogP contribution in [0.2, 0.25) is 0 Å². The molecule has 0 atom stereocenters. The van der Waals surface area contributed by atoms with Gasteiger partial charge in [0.05, 0.1) is 17.2 Å². The number of nitrogens with zero attached hydrogens (tertiary/aromatic N) is 3. The quantitative estimate of drug-likeness (QED) is 0.691. The molecule has 1 aromatic heterocycles. The number of sulfonamides is 1. The van der Waals surface area contributed by atoms with Crippen LogP contribution in [0.25, 0.3) is 5.70 Å². The first kappa shape index (κ1) is 21.6. The van der Waals surface area contributed by atoms with Crippen molar-refractivity contribution in [1.82, 2.24) is 9.78 Å². The van der Waals surface area contributed by atoms with Gasteiger partial charge in [-0.25, -0.2) is 18.2 Å². The summed E-state index contributed by atoms with van der Waals surface area (Å²) in [6.45, 7) is 8.30. The van der Waals surface area contributed by atoms with Crippen molar-refractivity contribution in [1.29, 1.82) is 0 Å². The molecule has 0 saturated heterocycles. The Morgan fingerprint density at radius 2 is 2.04 bits per heavy atom. The van der Waals surface area contributed by atoms with Crippen LogP contribution in [-0.2, 0) is 10.0 Å². The number of hydrogen-bond donors (Lipinski definition) is 3. The van der Waals surface area contributed by atoms with E-state index in [-0.39, 0.29) is 11.5 Å². The number of aliphatic hydroxyl groups excluding tert-OH is 1. The smallest absolute Gasteiger partial charge is 0.238 e. The highest BCUT2D eigenvalue weighted by Crippen LogP contribution is 2.17. The maximum atomic E-state index is 11.5. The van der Waals surface area contributed by atoms with E-state index in [1.807, 2.05) is 13.8 Å². The number of nitrogens with two attached hydrogens (primary N) is 1. The molecule has 0 bridgehead atoms. The van der Waals surface area contributed by atoms with Gasteiger partial charge in [-0.1, -0.05) is 32.6 Å². The standard InChI is InChI=1S/C15H19N5O3S.C2H6/c1-11(12-4-3-5-13(10-12)24(16,22)23)20-15(17-2)7-6-14(19-20)18-8-9-21;1-2/h3-7,10,21H,1,8-9H2,2H3,(H,18,19)(H2,16,22,23);1-2H3. The van der Waals surface area contributed by atoms with E-state index in [0.717, 1.165) is 0 Å². The van der Waals surface area contributed by atoms with E-state index in [9.17, 15) is 8.42 Å². The number of aliphatic hydroxyl groups is 1. The Morgan fingerprint density at radius 1 is 1.35 bits per heavy atom. The zero-order valence-corrected chi connectivity index (χ0v) is 16.0. The molecular formula is C17H25N5O3S. The number of primary sulfonamides is 1. The Morgan fingerprint density at radius 3 is 2.62 bits per heavy atom. The number of rotatable bonds is 6. The molecule has 2 aromatic rings. The average molecular weight is 379 g/mol. The predicted molar refractivity (Wildman–Crippen MR) is 103 cm³/mol. The molecule has 1 heterocycles. The molecular weight excluding hydrogens is 354 g/mol. The fourth-order valence-corrected chi connectivity index (χ4v) is 2.60. The summed E-state index contributed by atoms with van der Waals surface area (Å²) >= 11 is 0. The maximum absolute atomic E-state index is 11.5. The SMILES string of the molecule is C=C(c1cccc(S(N)(=O)=O)c1)n1nc(NCCO)ccc1=NC.CC. The van der Waals surface area contributed by atoms with E-state index in [0.29, 0.717) is 29.1 Å². The van der Waals surface area contributed by atoms with Crippen molar-refractivity contribution in [3.63, 3.8) is 0 Å². The molecule has 142 valence electrons. The van der Waals surface area contributed by atoms with Crippen LogP contribution in [0.1, 0.15) is 19.4 Å². The van der Waals surface area contributed by atoms with Crippen LogP contribution in [0.3, 0.4) is 0 Å². The summed E-state index contributed by atoms with van der Waals surface area (Å²) in [5, 5.41) is 21.4. The molecule has 4 N–H and O–H groups in total. The number of anilines is 1. The lowest BCUT2D eigenvalue weighted by molar-refractivity contribution is 0.311. The first-order chi connectivity index (χ1) is 12.4. The average Bonchev–Trinajstić information content (AvgIpc) is 2.66. The third kappa shape index (κ3) is 5.51. The summed E-state index contributed by atoms with van der Waals surface area (Å²) in [5.41, 5.74) is 1.52. The zero-order chi connectivity index (χ0) is 19.7. The molecule has 26 heavy (non-hydrogen) atoms. The minimum Gasteiger partial charge on any atom is -0.395 e. The van der Waals surface area contributed by atoms with Gasteiger partial charge in [0.1, 0.15) is 11.3 Å². The summed E-state index contributed by atoms with van der Waals surface area (Å²) in [7, 11) is -2.20. The summed E-state index contributed by atoms with van der Waals surface area (Å²) in [6.07, 6.45) is 0. The van der Waals surface area contributed by atoms with E-state index in [4.69, 9.17) is 10.2 Å². The first-order valence-electron chi connectivity index (χ1n) is 8.07. The monoisotopic (exact) mass is 379 g/mol. The van der Waals surface area contributed by atoms with Crippen LogP contribution in [0.5, 0.6) is 0 Å². The normalized spacial score (nSPS) is 11.5. The van der Waals surface area contributed by atoms with Crippen LogP contribution in [0.4, 0.5) is 5.82 Å². The molecule has 1 aromatic carbocycles. The van der Waals surface area contributed by atoms with Gasteiger partial charge in [-0.3, -0.25) is 4.99 Å². The zero-order valence-electron chi connectivity index (χ0n) is 15.2. The van der Waals surface area contributed by atoms with Crippen molar-refractivity contribution >= 4 is 21.5 Å². The van der Waals surface area contributed by atoms with Gasteiger partial charge in [-0.2, -0.15) is 0 Å². The van der Waals surface area contributed by atoms with E-state index in [1.54, 1.807) is 31.3 Å². The summed E-state index contributed by atoms with van der Waals surface area (Å²) in [4.78, 5) is 4.12. The Balaban J connectivity index is 0.00000163. The fourth-order valence-electron chi connectivity index (χ4n) is 2.04. The van der Waals surface area contributed by atoms with E-state index >= 15 is 0 Å². The van der Waals surface area contributed by atoms with Gasteiger partial charge in [0.25, 0.3) is 0 Å². The third-order valence-electron chi connectivity index (χ3n) is 3.21. The largest absolute Gasteiger partial charge is 0.395 e. The minimum absolute atomic E-state index is 0.00806. The fraction of sp³-hybridized carbons (Fsp3) is 0.294. The Hall–Kier alpha value is -2.49. The highest BCUT2D eigenvalue weighted by molar-refractivity contribution is 7.89. The van der Waals surface area contributed by atoms with Crippen LogP contribution >= 0.6 is 0 Å². The van der Waals surface area contributed by atoms with E-state index in [1.165, 1.54) is 16.8 Å². The summed E-state index contributed by atoms with van der Waals surface area (Å²) in [5.74, 6) is 0.528. The third-order valence-corrected chi connectivity index (χ3v) is 4.12. The van der Waals surface area contributed by atoms with Gasteiger partial charge in [0, 0.05) is 19.2 Å². The lowest BCUT2D eigenvalue weighted by atomic mass is 10.2. The Kier molecular flexibility index (Phi) is 8.17. The van der Waals surface area contributed by atoms with Crippen LogP contribution in [0.15, 0.2) is 52.9 Å². The lowest BCUT2D eigenvalue weighted by Crippen LogP contribution is -2.24. The van der Waals surface area contributed by atoms with Crippen molar-refractivity contribution in [3.8, 4) is 0 Å². The highest BCUT2D eigenvalue weighted by atomic mass is 32.2. The van der Waals surface area contributed by atoms with Crippen molar-refractivity contribution in [2.75, 3.05) is 25.5 Å². The van der Waals surface area contributed by atoms with Crippen molar-refractivity contribution in [2.45, 2.75) is 18.7 Å². The second-order valence-electron chi connectivity index (χ2n) is 4.88. The van der Waals surface area contributed by atoms with Crippen molar-refractivity contribution < 1.29 is 13.5 Å². The van der Waals surface area contributed by atoms with Gasteiger partial charge in [-0.15, -0.1) is 5.10 Å². The van der Waals surface area contributed by atoms with Gasteiger partial charge >= 0.3 is 0 Å². The molecule has 8 nitrogen and oxygen atoms in total. The topological polar surface area (TPSA) is 123 Å². The number of nitrogens with one attached hydrogen (secondary N) is 1. The Bertz CT molecular complexity index is 920. The van der Waals surface area contributed by atoms with E-state index < -0.39 is 10.0 Å². The predicted octanol–water partition coefficient (Wildman–Crippen LogP) is 1.01. The first-order valence-corrected chi connectivity index (χ1v) is 9.62. The molecule has 0 unspecified atom stereocenters. The molecule has 0 aliphatic carbocycles. The number of aromatic nitrogens is 2. The summed E-state index contributed by atoms with van der Waals surface area (Å²) < 4.78 is 24.5. The Labute approximate surface area is 153 Å². The second-order valence-corrected chi connectivity index (χ2v) is 6.44. The summed E-state index contributed by atoms with van der Waals surface area (Å²) in [6, 6.07) is 9.59. The number of hydrogen-bond acceptors (Lipinski definition) is 6. The molecule has 0 saturated carbocycles. The molecule has 9 heteroatoms. The molecule has 0 aliphatic rings.